The number of hydrogen-bond donors (Lipinski definition) is 0. The Morgan fingerprint density at radius 2 is 2.00 bits per heavy atom. The summed E-state index contributed by atoms with van der Waals surface area (Å²) in [6.45, 7) is 9.62. The van der Waals surface area contributed by atoms with Gasteiger partial charge in [-0.25, -0.2) is 0 Å². The van der Waals surface area contributed by atoms with Gasteiger partial charge in [0.25, 0.3) is 0 Å². The van der Waals surface area contributed by atoms with Crippen molar-refractivity contribution in [2.75, 3.05) is 33.2 Å². The van der Waals surface area contributed by atoms with Crippen LogP contribution in [0, 0.1) is 0 Å². The molecule has 0 radical (unpaired) electrons. The van der Waals surface area contributed by atoms with Crippen LogP contribution in [-0.2, 0) is 0 Å². The zero-order valence-electron chi connectivity index (χ0n) is 8.71. The first-order valence-electron chi connectivity index (χ1n) is 5.20. The summed E-state index contributed by atoms with van der Waals surface area (Å²) in [5.74, 6) is 0. The predicted molar refractivity (Wildman–Crippen MR) is 53.4 cm³/mol. The predicted octanol–water partition coefficient (Wildman–Crippen LogP) is 1.42. The monoisotopic (exact) mass is 170 g/mol. The van der Waals surface area contributed by atoms with Crippen LogP contribution < -0.4 is 0 Å². The molecule has 12 heavy (non-hydrogen) atoms. The highest BCUT2D eigenvalue weighted by atomic mass is 15.3. The number of nitrogens with zero attached hydrogens (tertiary/aromatic N) is 2. The molecule has 0 aromatic carbocycles. The summed E-state index contributed by atoms with van der Waals surface area (Å²) in [7, 11) is 2.23. The van der Waals surface area contributed by atoms with E-state index in [1.165, 1.54) is 39.0 Å². The first kappa shape index (κ1) is 10.0. The smallest absolute Gasteiger partial charge is 0.0220 e. The summed E-state index contributed by atoms with van der Waals surface area (Å²) in [5, 5.41) is 0. The lowest BCUT2D eigenvalue weighted by molar-refractivity contribution is 0.0877. The molecule has 1 unspecified atom stereocenters. The van der Waals surface area contributed by atoms with Crippen LogP contribution in [0.2, 0.25) is 0 Å². The highest BCUT2D eigenvalue weighted by Gasteiger charge is 2.22. The average molecular weight is 170 g/mol. The first-order valence-corrected chi connectivity index (χ1v) is 5.20. The number of rotatable bonds is 3. The van der Waals surface area contributed by atoms with Crippen molar-refractivity contribution in [3.8, 4) is 0 Å². The molecule has 2 nitrogen and oxygen atoms in total. The SMILES string of the molecule is CCCN1CCN(C)CC1CC. The summed E-state index contributed by atoms with van der Waals surface area (Å²) in [6, 6.07) is 0.809. The van der Waals surface area contributed by atoms with Crippen molar-refractivity contribution in [3.63, 3.8) is 0 Å². The van der Waals surface area contributed by atoms with Gasteiger partial charge in [-0.3, -0.25) is 4.90 Å². The van der Waals surface area contributed by atoms with Gasteiger partial charge in [0.1, 0.15) is 0 Å². The second-order valence-electron chi connectivity index (χ2n) is 3.86. The van der Waals surface area contributed by atoms with Crippen molar-refractivity contribution in [2.24, 2.45) is 0 Å². The minimum absolute atomic E-state index is 0.809. The second kappa shape index (κ2) is 4.83. The molecule has 1 heterocycles. The van der Waals surface area contributed by atoms with E-state index in [4.69, 9.17) is 0 Å². The fourth-order valence-electron chi connectivity index (χ4n) is 2.02. The van der Waals surface area contributed by atoms with Crippen molar-refractivity contribution in [2.45, 2.75) is 32.7 Å². The fourth-order valence-corrected chi connectivity index (χ4v) is 2.02. The number of hydrogen-bond acceptors (Lipinski definition) is 2. The van der Waals surface area contributed by atoms with E-state index in [0.717, 1.165) is 6.04 Å². The molecule has 2 heteroatoms. The summed E-state index contributed by atoms with van der Waals surface area (Å²) >= 11 is 0. The zero-order chi connectivity index (χ0) is 8.97. The van der Waals surface area contributed by atoms with E-state index in [1.807, 2.05) is 0 Å². The summed E-state index contributed by atoms with van der Waals surface area (Å²) in [4.78, 5) is 5.08. The maximum atomic E-state index is 2.64. The van der Waals surface area contributed by atoms with E-state index in [1.54, 1.807) is 0 Å². The van der Waals surface area contributed by atoms with E-state index >= 15 is 0 Å². The maximum absolute atomic E-state index is 2.64. The van der Waals surface area contributed by atoms with E-state index in [2.05, 4.69) is 30.7 Å². The third kappa shape index (κ3) is 2.46. The van der Waals surface area contributed by atoms with Crippen LogP contribution in [0.3, 0.4) is 0 Å². The molecular formula is C10H22N2. The van der Waals surface area contributed by atoms with Gasteiger partial charge in [0.05, 0.1) is 0 Å². The van der Waals surface area contributed by atoms with Gasteiger partial charge in [-0.1, -0.05) is 13.8 Å². The van der Waals surface area contributed by atoms with Gasteiger partial charge in [0, 0.05) is 25.7 Å². The largest absolute Gasteiger partial charge is 0.304 e. The normalized spacial score (nSPS) is 27.8. The lowest BCUT2D eigenvalue weighted by Gasteiger charge is -2.39. The molecule has 1 aliphatic heterocycles. The van der Waals surface area contributed by atoms with Gasteiger partial charge in [0.2, 0.25) is 0 Å². The van der Waals surface area contributed by atoms with Crippen LogP contribution in [0.4, 0.5) is 0 Å². The summed E-state index contributed by atoms with van der Waals surface area (Å²) in [5.41, 5.74) is 0. The van der Waals surface area contributed by atoms with Gasteiger partial charge < -0.3 is 4.90 Å². The maximum Gasteiger partial charge on any atom is 0.0220 e. The number of piperazine rings is 1. The van der Waals surface area contributed by atoms with Crippen LogP contribution in [0.25, 0.3) is 0 Å². The standard InChI is InChI=1S/C10H22N2/c1-4-6-12-8-7-11(3)9-10(12)5-2/h10H,4-9H2,1-3H3. The van der Waals surface area contributed by atoms with Crippen molar-refractivity contribution < 1.29 is 0 Å². The Kier molecular flexibility index (Phi) is 4.02. The van der Waals surface area contributed by atoms with Crippen molar-refractivity contribution in [1.82, 2.24) is 9.80 Å². The number of likely N-dealkylation sites (N-methyl/N-ethyl adjacent to an activating group) is 1. The minimum Gasteiger partial charge on any atom is -0.304 e. The van der Waals surface area contributed by atoms with E-state index in [-0.39, 0.29) is 0 Å². The van der Waals surface area contributed by atoms with E-state index in [0.29, 0.717) is 0 Å². The van der Waals surface area contributed by atoms with Crippen LogP contribution >= 0.6 is 0 Å². The van der Waals surface area contributed by atoms with Crippen molar-refractivity contribution >= 4 is 0 Å². The molecule has 0 bridgehead atoms. The van der Waals surface area contributed by atoms with Gasteiger partial charge >= 0.3 is 0 Å². The van der Waals surface area contributed by atoms with Crippen LogP contribution in [0.1, 0.15) is 26.7 Å². The Balaban J connectivity index is 2.39. The Morgan fingerprint density at radius 3 is 2.58 bits per heavy atom. The lowest BCUT2D eigenvalue weighted by Crippen LogP contribution is -2.51. The molecule has 0 aromatic heterocycles. The third-order valence-corrected chi connectivity index (χ3v) is 2.79. The van der Waals surface area contributed by atoms with Gasteiger partial charge in [0.15, 0.2) is 0 Å². The average Bonchev–Trinajstić information content (AvgIpc) is 2.08. The molecule has 1 aliphatic rings. The van der Waals surface area contributed by atoms with Gasteiger partial charge in [-0.2, -0.15) is 0 Å². The highest BCUT2D eigenvalue weighted by Crippen LogP contribution is 2.11. The second-order valence-corrected chi connectivity index (χ2v) is 3.86. The minimum atomic E-state index is 0.809. The highest BCUT2D eigenvalue weighted by molar-refractivity contribution is 4.79. The van der Waals surface area contributed by atoms with Gasteiger partial charge in [-0.05, 0) is 26.4 Å². The summed E-state index contributed by atoms with van der Waals surface area (Å²) in [6.07, 6.45) is 2.59. The molecule has 0 aromatic rings. The Bertz CT molecular complexity index is 125. The summed E-state index contributed by atoms with van der Waals surface area (Å²) < 4.78 is 0. The molecule has 0 aliphatic carbocycles. The zero-order valence-corrected chi connectivity index (χ0v) is 8.71. The third-order valence-electron chi connectivity index (χ3n) is 2.79. The molecule has 1 atom stereocenters. The molecule has 0 N–H and O–H groups in total. The fraction of sp³-hybridized carbons (Fsp3) is 1.00. The topological polar surface area (TPSA) is 6.48 Å². The van der Waals surface area contributed by atoms with Crippen molar-refractivity contribution in [1.29, 1.82) is 0 Å². The van der Waals surface area contributed by atoms with Crippen LogP contribution in [-0.4, -0.2) is 49.1 Å². The first-order chi connectivity index (χ1) is 5.77. The molecule has 0 amide bonds. The molecule has 1 rings (SSSR count). The molecular weight excluding hydrogens is 148 g/mol. The molecule has 72 valence electrons. The Morgan fingerprint density at radius 1 is 1.25 bits per heavy atom. The van der Waals surface area contributed by atoms with Crippen molar-refractivity contribution in [3.05, 3.63) is 0 Å². The van der Waals surface area contributed by atoms with Crippen LogP contribution in [0.5, 0.6) is 0 Å². The lowest BCUT2D eigenvalue weighted by atomic mass is 10.1. The molecule has 1 saturated heterocycles. The Hall–Kier alpha value is -0.0800. The molecule has 0 spiro atoms. The quantitative estimate of drug-likeness (QED) is 0.632. The van der Waals surface area contributed by atoms with E-state index < -0.39 is 0 Å². The van der Waals surface area contributed by atoms with Gasteiger partial charge in [-0.15, -0.1) is 0 Å². The van der Waals surface area contributed by atoms with E-state index in [9.17, 15) is 0 Å². The Labute approximate surface area is 76.5 Å². The van der Waals surface area contributed by atoms with Crippen LogP contribution in [0.15, 0.2) is 0 Å². The molecule has 1 fully saturated rings. The molecule has 0 saturated carbocycles.